The zero-order valence-electron chi connectivity index (χ0n) is 17.2. The number of esters is 1. The van der Waals surface area contributed by atoms with Gasteiger partial charge in [0, 0.05) is 5.02 Å². The van der Waals surface area contributed by atoms with Crippen molar-refractivity contribution >= 4 is 58.2 Å². The van der Waals surface area contributed by atoms with Crippen LogP contribution in [0.5, 0.6) is 11.5 Å². The van der Waals surface area contributed by atoms with E-state index in [4.69, 9.17) is 37.4 Å². The van der Waals surface area contributed by atoms with E-state index in [2.05, 4.69) is 0 Å². The zero-order chi connectivity index (χ0) is 23.3. The Hall–Kier alpha value is -2.68. The fraction of sp³-hybridized carbons (Fsp3) is 0.227. The molecule has 1 aliphatic rings. The average molecular weight is 496 g/mol. The van der Waals surface area contributed by atoms with E-state index < -0.39 is 17.1 Å². The highest BCUT2D eigenvalue weighted by Gasteiger charge is 2.35. The second-order valence-corrected chi connectivity index (χ2v) is 8.29. The van der Waals surface area contributed by atoms with Crippen LogP contribution in [0.25, 0.3) is 6.08 Å². The summed E-state index contributed by atoms with van der Waals surface area (Å²) in [5, 5.41) is 0.259. The van der Waals surface area contributed by atoms with Gasteiger partial charge >= 0.3 is 5.97 Å². The lowest BCUT2D eigenvalue weighted by Gasteiger charge is -2.14. The van der Waals surface area contributed by atoms with Gasteiger partial charge in [-0.2, -0.15) is 0 Å². The minimum absolute atomic E-state index is 0.0758. The number of hydrogen-bond acceptors (Lipinski definition) is 7. The van der Waals surface area contributed by atoms with Crippen molar-refractivity contribution in [2.75, 3.05) is 20.3 Å². The third kappa shape index (κ3) is 5.56. The Bertz CT molecular complexity index is 1090. The van der Waals surface area contributed by atoms with Gasteiger partial charge in [0.2, 0.25) is 0 Å². The molecule has 2 aromatic carbocycles. The highest BCUT2D eigenvalue weighted by molar-refractivity contribution is 8.18. The first-order valence-electron chi connectivity index (χ1n) is 9.48. The molecule has 0 N–H and O–H groups in total. The topological polar surface area (TPSA) is 82.1 Å². The molecule has 168 valence electrons. The highest BCUT2D eigenvalue weighted by atomic mass is 35.5. The molecular formula is C22H19Cl2NO6S. The third-order valence-corrected chi connectivity index (χ3v) is 5.91. The Morgan fingerprint density at radius 3 is 2.59 bits per heavy atom. The van der Waals surface area contributed by atoms with Gasteiger partial charge in [-0.1, -0.05) is 41.4 Å². The number of carbonyl (C=O) groups excluding carboxylic acids is 3. The fourth-order valence-electron chi connectivity index (χ4n) is 2.88. The van der Waals surface area contributed by atoms with Crippen molar-refractivity contribution in [2.45, 2.75) is 13.5 Å². The van der Waals surface area contributed by atoms with Crippen LogP contribution in [0, 0.1) is 0 Å². The van der Waals surface area contributed by atoms with Gasteiger partial charge < -0.3 is 14.2 Å². The minimum atomic E-state index is -0.540. The van der Waals surface area contributed by atoms with Crippen molar-refractivity contribution in [3.05, 3.63) is 62.5 Å². The summed E-state index contributed by atoms with van der Waals surface area (Å²) in [6.45, 7) is 1.67. The number of methoxy groups -OCH3 is 1. The molecular weight excluding hydrogens is 477 g/mol. The number of carbonyl (C=O) groups is 3. The van der Waals surface area contributed by atoms with Gasteiger partial charge in [-0.15, -0.1) is 0 Å². The fourth-order valence-corrected chi connectivity index (χ4v) is 4.19. The molecule has 0 saturated carbocycles. The summed E-state index contributed by atoms with van der Waals surface area (Å²) < 4.78 is 15.6. The Balaban J connectivity index is 1.81. The Kier molecular flexibility index (Phi) is 8.06. The second kappa shape index (κ2) is 10.8. The Morgan fingerprint density at radius 2 is 1.91 bits per heavy atom. The van der Waals surface area contributed by atoms with Gasteiger partial charge in [-0.3, -0.25) is 14.5 Å². The van der Waals surface area contributed by atoms with Crippen LogP contribution in [0.1, 0.15) is 18.1 Å². The van der Waals surface area contributed by atoms with E-state index >= 15 is 0 Å². The van der Waals surface area contributed by atoms with E-state index in [1.807, 2.05) is 0 Å². The number of hydrogen-bond donors (Lipinski definition) is 0. The molecule has 2 aromatic rings. The van der Waals surface area contributed by atoms with E-state index in [1.165, 1.54) is 7.11 Å². The average Bonchev–Trinajstić information content (AvgIpc) is 3.01. The summed E-state index contributed by atoms with van der Waals surface area (Å²) >= 11 is 13.3. The van der Waals surface area contributed by atoms with Crippen molar-refractivity contribution in [1.29, 1.82) is 0 Å². The van der Waals surface area contributed by atoms with Crippen LogP contribution in [0.15, 0.2) is 41.3 Å². The predicted octanol–water partition coefficient (Wildman–Crippen LogP) is 5.18. The van der Waals surface area contributed by atoms with E-state index in [0.29, 0.717) is 16.1 Å². The summed E-state index contributed by atoms with van der Waals surface area (Å²) in [5.74, 6) is -0.533. The number of ether oxygens (including phenoxy) is 3. The quantitative estimate of drug-likeness (QED) is 0.368. The molecule has 0 bridgehead atoms. The maximum absolute atomic E-state index is 12.8. The lowest BCUT2D eigenvalue weighted by Crippen LogP contribution is -2.27. The predicted molar refractivity (Wildman–Crippen MR) is 123 cm³/mol. The molecule has 10 heteroatoms. The second-order valence-electron chi connectivity index (χ2n) is 6.49. The normalized spacial score (nSPS) is 14.8. The molecule has 1 saturated heterocycles. The molecule has 7 nitrogen and oxygen atoms in total. The molecule has 32 heavy (non-hydrogen) atoms. The summed E-state index contributed by atoms with van der Waals surface area (Å²) in [6.07, 6.45) is 1.54. The molecule has 1 fully saturated rings. The van der Waals surface area contributed by atoms with E-state index in [9.17, 15) is 14.4 Å². The summed E-state index contributed by atoms with van der Waals surface area (Å²) in [4.78, 5) is 38.1. The largest absolute Gasteiger partial charge is 0.493 e. The lowest BCUT2D eigenvalue weighted by atomic mass is 10.1. The number of nitrogens with zero attached hydrogens (tertiary/aromatic N) is 1. The molecule has 0 aliphatic carbocycles. The zero-order valence-corrected chi connectivity index (χ0v) is 19.6. The van der Waals surface area contributed by atoms with Crippen LogP contribution < -0.4 is 9.47 Å². The molecule has 3 rings (SSSR count). The van der Waals surface area contributed by atoms with Crippen LogP contribution in [0.2, 0.25) is 10.0 Å². The maximum atomic E-state index is 12.8. The van der Waals surface area contributed by atoms with Crippen molar-refractivity contribution in [2.24, 2.45) is 0 Å². The molecule has 1 heterocycles. The van der Waals surface area contributed by atoms with Crippen molar-refractivity contribution in [3.8, 4) is 11.5 Å². The molecule has 0 aromatic heterocycles. The number of thioether (sulfide) groups is 1. The lowest BCUT2D eigenvalue weighted by molar-refractivity contribution is -0.145. The summed E-state index contributed by atoms with van der Waals surface area (Å²) in [7, 11) is 1.42. The van der Waals surface area contributed by atoms with Gasteiger partial charge in [-0.05, 0) is 54.1 Å². The molecule has 0 unspecified atom stereocenters. The first kappa shape index (κ1) is 24.0. The van der Waals surface area contributed by atoms with Gasteiger partial charge in [0.15, 0.2) is 18.1 Å². The molecule has 1 aliphatic heterocycles. The van der Waals surface area contributed by atoms with Crippen LogP contribution in [-0.4, -0.2) is 42.3 Å². The van der Waals surface area contributed by atoms with Gasteiger partial charge in [0.05, 0.1) is 30.2 Å². The molecule has 2 amide bonds. The standard InChI is InChI=1S/C22H19Cl2NO6S/c1-3-30-19(26)12-31-20-16(24)8-13(9-17(20)29-2)10-18-21(27)25(22(28)32-18)11-14-6-4-5-7-15(14)23/h4-10H,3,11-12H2,1-2H3/b18-10-. The first-order valence-corrected chi connectivity index (χ1v) is 11.1. The van der Waals surface area contributed by atoms with Gasteiger partial charge in [-0.25, -0.2) is 4.79 Å². The van der Waals surface area contributed by atoms with Crippen LogP contribution in [0.4, 0.5) is 4.79 Å². The number of amides is 2. The molecule has 0 atom stereocenters. The minimum Gasteiger partial charge on any atom is -0.493 e. The Morgan fingerprint density at radius 1 is 1.16 bits per heavy atom. The van der Waals surface area contributed by atoms with Gasteiger partial charge in [0.1, 0.15) is 0 Å². The molecule has 0 spiro atoms. The number of halogens is 2. The van der Waals surface area contributed by atoms with Crippen LogP contribution in [-0.2, 0) is 20.9 Å². The monoisotopic (exact) mass is 495 g/mol. The number of imide groups is 1. The maximum Gasteiger partial charge on any atom is 0.344 e. The Labute approximate surface area is 199 Å². The van der Waals surface area contributed by atoms with E-state index in [0.717, 1.165) is 16.7 Å². The van der Waals surface area contributed by atoms with Crippen molar-refractivity contribution in [1.82, 2.24) is 4.90 Å². The summed E-state index contributed by atoms with van der Waals surface area (Å²) in [5.41, 5.74) is 1.20. The third-order valence-electron chi connectivity index (χ3n) is 4.35. The van der Waals surface area contributed by atoms with Crippen LogP contribution >= 0.6 is 35.0 Å². The van der Waals surface area contributed by atoms with E-state index in [-0.39, 0.29) is 41.2 Å². The van der Waals surface area contributed by atoms with E-state index in [1.54, 1.807) is 49.4 Å². The van der Waals surface area contributed by atoms with Gasteiger partial charge in [0.25, 0.3) is 11.1 Å². The van der Waals surface area contributed by atoms with Crippen molar-refractivity contribution in [3.63, 3.8) is 0 Å². The van der Waals surface area contributed by atoms with Crippen molar-refractivity contribution < 1.29 is 28.6 Å². The molecule has 0 radical (unpaired) electrons. The number of benzene rings is 2. The SMILES string of the molecule is CCOC(=O)COc1c(Cl)cc(/C=C2\SC(=O)N(Cc3ccccc3Cl)C2=O)cc1OC. The van der Waals surface area contributed by atoms with Crippen LogP contribution in [0.3, 0.4) is 0 Å². The smallest absolute Gasteiger partial charge is 0.344 e. The summed E-state index contributed by atoms with van der Waals surface area (Å²) in [6, 6.07) is 10.2. The highest BCUT2D eigenvalue weighted by Crippen LogP contribution is 2.39. The number of rotatable bonds is 8. The first-order chi connectivity index (χ1) is 15.3.